The van der Waals surface area contributed by atoms with Gasteiger partial charge in [-0.05, 0) is 79.5 Å². The summed E-state index contributed by atoms with van der Waals surface area (Å²) in [5.41, 5.74) is 8.89. The maximum absolute atomic E-state index is 14.2. The van der Waals surface area contributed by atoms with Crippen LogP contribution >= 0.6 is 0 Å². The summed E-state index contributed by atoms with van der Waals surface area (Å²) < 4.78 is 42.6. The molecule has 0 aliphatic heterocycles. The number of nitrogens with one attached hydrogen (secondary N) is 3. The molecule has 0 aliphatic carbocycles. The molecule has 0 spiro atoms. The lowest BCUT2D eigenvalue weighted by molar-refractivity contribution is 0.588. The van der Waals surface area contributed by atoms with Gasteiger partial charge in [0, 0.05) is 29.8 Å². The molecule has 0 aliphatic rings. The third-order valence-corrected chi connectivity index (χ3v) is 8.82. The summed E-state index contributed by atoms with van der Waals surface area (Å²) in [6, 6.07) is 24.2. The van der Waals surface area contributed by atoms with Crippen LogP contribution in [0.2, 0.25) is 0 Å². The highest BCUT2D eigenvalue weighted by atomic mass is 32.2. The summed E-state index contributed by atoms with van der Waals surface area (Å²) in [5.74, 6) is 0.583. The molecular weight excluding hydrogens is 618 g/mol. The first-order valence-corrected chi connectivity index (χ1v) is 16.0. The van der Waals surface area contributed by atoms with Gasteiger partial charge < -0.3 is 5.32 Å². The lowest BCUT2D eigenvalue weighted by Crippen LogP contribution is -2.18. The van der Waals surface area contributed by atoms with Crippen LogP contribution in [0.4, 0.5) is 21.8 Å². The smallest absolute Gasteiger partial charge is 0.240 e. The van der Waals surface area contributed by atoms with Crippen molar-refractivity contribution in [2.75, 3.05) is 17.8 Å². The Morgan fingerprint density at radius 2 is 1.64 bits per heavy atom. The number of pyridine rings is 1. The molecule has 6 aromatic rings. The number of aryl methyl sites for hydroxylation is 1. The van der Waals surface area contributed by atoms with Gasteiger partial charge in [-0.3, -0.25) is 10.4 Å². The van der Waals surface area contributed by atoms with E-state index in [2.05, 4.69) is 30.6 Å². The van der Waals surface area contributed by atoms with Crippen LogP contribution in [0.5, 0.6) is 0 Å². The van der Waals surface area contributed by atoms with Gasteiger partial charge in [0.25, 0.3) is 0 Å². The molecule has 13 heteroatoms. The average molecular weight is 648 g/mol. The topological polar surface area (TPSA) is 139 Å². The minimum Gasteiger partial charge on any atom is -0.324 e. The minimum atomic E-state index is -3.58. The number of halogens is 1. The normalized spacial score (nSPS) is 11.8. The fourth-order valence-corrected chi connectivity index (χ4v) is 5.53. The molecule has 0 unspecified atom stereocenters. The molecule has 3 aromatic carbocycles. The van der Waals surface area contributed by atoms with Crippen molar-refractivity contribution in [3.05, 3.63) is 127 Å². The highest BCUT2D eigenvalue weighted by Gasteiger charge is 2.20. The molecule has 236 valence electrons. The van der Waals surface area contributed by atoms with E-state index >= 15 is 0 Å². The minimum absolute atomic E-state index is 0.144. The Morgan fingerprint density at radius 3 is 2.36 bits per heavy atom. The number of hydrogen-bond donors (Lipinski definition) is 3. The Bertz CT molecular complexity index is 2170. The number of anilines is 3. The van der Waals surface area contributed by atoms with Gasteiger partial charge in [-0.15, -0.1) is 0 Å². The van der Waals surface area contributed by atoms with Gasteiger partial charge in [-0.2, -0.15) is 20.2 Å². The Balaban J connectivity index is 1.48. The van der Waals surface area contributed by atoms with Crippen LogP contribution in [-0.4, -0.2) is 45.9 Å². The van der Waals surface area contributed by atoms with Crippen LogP contribution in [-0.2, 0) is 10.0 Å². The molecule has 6 rings (SSSR count). The molecule has 47 heavy (non-hydrogen) atoms. The van der Waals surface area contributed by atoms with Crippen LogP contribution in [0.15, 0.2) is 120 Å². The van der Waals surface area contributed by atoms with Crippen molar-refractivity contribution in [3.63, 3.8) is 0 Å². The third kappa shape index (κ3) is 6.90. The molecule has 3 aromatic heterocycles. The maximum atomic E-state index is 14.2. The average Bonchev–Trinajstić information content (AvgIpc) is 3.60. The fourth-order valence-electron chi connectivity index (χ4n) is 4.80. The summed E-state index contributed by atoms with van der Waals surface area (Å²) in [6.07, 6.45) is 7.03. The molecule has 0 radical (unpaired) electrons. The monoisotopic (exact) mass is 647 g/mol. The Kier molecular flexibility index (Phi) is 8.82. The lowest BCUT2D eigenvalue weighted by Gasteiger charge is -2.17. The van der Waals surface area contributed by atoms with Gasteiger partial charge in [-0.1, -0.05) is 48.5 Å². The molecule has 11 nitrogen and oxygen atoms in total. The van der Waals surface area contributed by atoms with E-state index in [9.17, 15) is 12.8 Å². The van der Waals surface area contributed by atoms with Crippen molar-refractivity contribution in [1.29, 1.82) is 0 Å². The van der Waals surface area contributed by atoms with E-state index < -0.39 is 15.8 Å². The summed E-state index contributed by atoms with van der Waals surface area (Å²) in [6.45, 7) is 3.65. The van der Waals surface area contributed by atoms with E-state index in [4.69, 9.17) is 9.97 Å². The predicted octanol–water partition coefficient (Wildman–Crippen LogP) is 6.33. The van der Waals surface area contributed by atoms with Gasteiger partial charge >= 0.3 is 0 Å². The van der Waals surface area contributed by atoms with Crippen molar-refractivity contribution in [1.82, 2.24) is 29.5 Å². The molecule has 0 fully saturated rings. The maximum Gasteiger partial charge on any atom is 0.240 e. The second-order valence-corrected chi connectivity index (χ2v) is 12.4. The van der Waals surface area contributed by atoms with Gasteiger partial charge in [0.05, 0.1) is 22.4 Å². The molecule has 3 N–H and O–H groups in total. The second-order valence-electron chi connectivity index (χ2n) is 10.5. The summed E-state index contributed by atoms with van der Waals surface area (Å²) in [7, 11) is -2.22. The second kappa shape index (κ2) is 13.3. The largest absolute Gasteiger partial charge is 0.324 e. The van der Waals surface area contributed by atoms with Crippen LogP contribution in [0.25, 0.3) is 28.1 Å². The van der Waals surface area contributed by atoms with Gasteiger partial charge in [0.2, 0.25) is 16.0 Å². The highest BCUT2D eigenvalue weighted by Crippen LogP contribution is 2.34. The number of benzene rings is 3. The number of hydrogen-bond acceptors (Lipinski definition) is 9. The van der Waals surface area contributed by atoms with E-state index in [0.717, 1.165) is 22.3 Å². The molecule has 0 amide bonds. The molecule has 3 heterocycles. The third-order valence-electron chi connectivity index (χ3n) is 7.39. The fraction of sp³-hybridized carbons (Fsp3) is 0.0882. The van der Waals surface area contributed by atoms with Crippen molar-refractivity contribution in [3.8, 4) is 28.1 Å². The molecular formula is C34H30FN9O2S. The van der Waals surface area contributed by atoms with E-state index in [1.165, 1.54) is 31.3 Å². The molecule has 0 bridgehead atoms. The zero-order valence-corrected chi connectivity index (χ0v) is 26.5. The van der Waals surface area contributed by atoms with E-state index in [1.54, 1.807) is 48.4 Å². The lowest BCUT2D eigenvalue weighted by atomic mass is 10.1. The van der Waals surface area contributed by atoms with Crippen LogP contribution in [0.1, 0.15) is 18.1 Å². The number of rotatable bonds is 10. The zero-order chi connectivity index (χ0) is 33.0. The first-order valence-electron chi connectivity index (χ1n) is 14.5. The standard InChI is InChI=1S/C34H30FN9O2S/c1-22-9-12-28(35)19-30(22)39-34-40-32(43-42-23(2)24-10-13-29(14-11-24)47(45,46)36-3)31(26-7-5-4-6-8-26)33(41-34)44-21-27(20-38-44)25-15-17-37-18-16-25/h4-21,36H,1-3H3,(H2,39,40,41,43). The van der Waals surface area contributed by atoms with Crippen LogP contribution in [0, 0.1) is 12.7 Å². The van der Waals surface area contributed by atoms with Gasteiger partial charge in [0.15, 0.2) is 11.6 Å². The first kappa shape index (κ1) is 31.2. The van der Waals surface area contributed by atoms with Crippen molar-refractivity contribution >= 4 is 33.2 Å². The predicted molar refractivity (Wildman–Crippen MR) is 181 cm³/mol. The number of sulfonamides is 1. The Morgan fingerprint density at radius 1 is 0.894 bits per heavy atom. The quantitative estimate of drug-likeness (QED) is 0.116. The van der Waals surface area contributed by atoms with Crippen LogP contribution < -0.4 is 15.5 Å². The van der Waals surface area contributed by atoms with Crippen LogP contribution in [0.3, 0.4) is 0 Å². The SMILES string of the molecule is CNS(=O)(=O)c1ccc(C(C)=NNc2nc(Nc3cc(F)ccc3C)nc(-n3cc(-c4ccncc4)cn3)c2-c2ccccc2)cc1. The van der Waals surface area contributed by atoms with E-state index in [-0.39, 0.29) is 10.8 Å². The summed E-state index contributed by atoms with van der Waals surface area (Å²) >= 11 is 0. The first-order chi connectivity index (χ1) is 22.7. The molecule has 0 saturated carbocycles. The Labute approximate surface area is 271 Å². The number of hydrazone groups is 1. The van der Waals surface area contributed by atoms with E-state index in [1.807, 2.05) is 55.6 Å². The van der Waals surface area contributed by atoms with Crippen molar-refractivity contribution in [2.24, 2.45) is 5.10 Å². The molecule has 0 atom stereocenters. The van der Waals surface area contributed by atoms with E-state index in [0.29, 0.717) is 34.2 Å². The van der Waals surface area contributed by atoms with Gasteiger partial charge in [0.1, 0.15) is 5.82 Å². The van der Waals surface area contributed by atoms with Crippen molar-refractivity contribution < 1.29 is 12.8 Å². The zero-order valence-electron chi connectivity index (χ0n) is 25.7. The summed E-state index contributed by atoms with van der Waals surface area (Å²) in [4.78, 5) is 13.9. The van der Waals surface area contributed by atoms with Crippen molar-refractivity contribution in [2.45, 2.75) is 18.7 Å². The highest BCUT2D eigenvalue weighted by molar-refractivity contribution is 7.89. The van der Waals surface area contributed by atoms with Gasteiger partial charge in [-0.25, -0.2) is 22.2 Å². The summed E-state index contributed by atoms with van der Waals surface area (Å²) in [5, 5.41) is 12.4. The number of nitrogens with zero attached hydrogens (tertiary/aromatic N) is 6. The number of aromatic nitrogens is 5. The Hall–Kier alpha value is -5.79. The molecule has 0 saturated heterocycles.